The van der Waals surface area contributed by atoms with Gasteiger partial charge in [0.1, 0.15) is 11.5 Å². The molecule has 14 heteroatoms. The number of aromatic nitrogens is 2. The largest absolute Gasteiger partial charge is 0.492 e. The molecule has 2 atom stereocenters. The molecule has 0 spiro atoms. The lowest BCUT2D eigenvalue weighted by Gasteiger charge is -2.30. The van der Waals surface area contributed by atoms with E-state index in [0.717, 1.165) is 75.3 Å². The standard InChI is InChI=1S/C48H54N2O12/c1-3-43(51)57-29-13-9-5-7-11-27-55-39-23-25-41(49-33-39)35-15-19-37(20-16-35)45(53)61-47-48(60-32-31-59-47)62-46(54)38-21-17-36(18-22-38)42-26-24-40(34-50-42)56-28-12-8-6-10-14-30-58-44(52)4-2/h3-4,15-26,33-34,47-48H,1-2,5-14,27-32H2/t47-,48-/m0/s1. The third kappa shape index (κ3) is 15.9. The van der Waals surface area contributed by atoms with Gasteiger partial charge in [-0.05, 0) is 74.2 Å². The highest BCUT2D eigenvalue weighted by Gasteiger charge is 2.34. The maximum atomic E-state index is 13.1. The molecule has 0 radical (unpaired) electrons. The maximum Gasteiger partial charge on any atom is 0.340 e. The van der Waals surface area contributed by atoms with Gasteiger partial charge >= 0.3 is 23.9 Å². The minimum absolute atomic E-state index is 0.149. The fourth-order valence-electron chi connectivity index (χ4n) is 6.15. The molecule has 0 N–H and O–H groups in total. The number of rotatable bonds is 26. The number of carbonyl (C=O) groups is 4. The number of hydrogen-bond donors (Lipinski definition) is 0. The smallest absolute Gasteiger partial charge is 0.340 e. The third-order valence-corrected chi connectivity index (χ3v) is 9.56. The first kappa shape index (κ1) is 46.7. The lowest BCUT2D eigenvalue weighted by molar-refractivity contribution is -0.288. The van der Waals surface area contributed by atoms with Gasteiger partial charge in [-0.15, -0.1) is 0 Å². The number of benzene rings is 2. The summed E-state index contributed by atoms with van der Waals surface area (Å²) < 4.78 is 44.0. The van der Waals surface area contributed by atoms with Crippen LogP contribution in [0, 0.1) is 0 Å². The van der Waals surface area contributed by atoms with E-state index < -0.39 is 36.5 Å². The maximum absolute atomic E-state index is 13.1. The van der Waals surface area contributed by atoms with Crippen molar-refractivity contribution in [1.82, 2.24) is 9.97 Å². The van der Waals surface area contributed by atoms with E-state index in [1.807, 2.05) is 24.3 Å². The highest BCUT2D eigenvalue weighted by atomic mass is 16.8. The Labute approximate surface area is 362 Å². The molecule has 2 aromatic carbocycles. The average Bonchev–Trinajstić information content (AvgIpc) is 3.31. The zero-order valence-corrected chi connectivity index (χ0v) is 34.9. The second kappa shape index (κ2) is 26.1. The average molecular weight is 851 g/mol. The highest BCUT2D eigenvalue weighted by Crippen LogP contribution is 2.24. The molecule has 1 aliphatic heterocycles. The molecule has 0 aliphatic carbocycles. The van der Waals surface area contributed by atoms with Crippen molar-refractivity contribution in [3.8, 4) is 34.0 Å². The van der Waals surface area contributed by atoms with Gasteiger partial charge < -0.3 is 37.9 Å². The lowest BCUT2D eigenvalue weighted by Crippen LogP contribution is -2.44. The van der Waals surface area contributed by atoms with Crippen molar-refractivity contribution in [2.24, 2.45) is 0 Å². The predicted molar refractivity (Wildman–Crippen MR) is 229 cm³/mol. The van der Waals surface area contributed by atoms with Crippen LogP contribution >= 0.6 is 0 Å². The minimum atomic E-state index is -1.27. The van der Waals surface area contributed by atoms with E-state index in [4.69, 9.17) is 37.9 Å². The van der Waals surface area contributed by atoms with Crippen LogP contribution in [0.4, 0.5) is 0 Å². The molecule has 328 valence electrons. The summed E-state index contributed by atoms with van der Waals surface area (Å²) in [6.07, 6.45) is 12.6. The minimum Gasteiger partial charge on any atom is -0.492 e. The van der Waals surface area contributed by atoms with E-state index in [2.05, 4.69) is 23.1 Å². The number of ether oxygens (including phenoxy) is 8. The molecule has 0 unspecified atom stereocenters. The summed E-state index contributed by atoms with van der Waals surface area (Å²) in [6, 6.07) is 20.9. The molecule has 0 amide bonds. The molecule has 62 heavy (non-hydrogen) atoms. The van der Waals surface area contributed by atoms with Crippen LogP contribution in [-0.4, -0.2) is 86.1 Å². The third-order valence-electron chi connectivity index (χ3n) is 9.56. The molecule has 1 fully saturated rings. The summed E-state index contributed by atoms with van der Waals surface area (Å²) in [6.45, 7) is 9.02. The van der Waals surface area contributed by atoms with Crippen LogP contribution in [0.2, 0.25) is 0 Å². The highest BCUT2D eigenvalue weighted by molar-refractivity contribution is 5.91. The zero-order chi connectivity index (χ0) is 43.8. The first-order chi connectivity index (χ1) is 30.3. The SMILES string of the molecule is C=CC(=O)OCCCCCCCOc1ccc(-c2ccc(C(=O)O[C@@H]3OCCO[C@H]3OC(=O)c3ccc(-c4ccc(OCCCCCCCOC(=O)C=C)cn4)cc3)cc2)nc1. The van der Waals surface area contributed by atoms with Gasteiger partial charge in [0.05, 0.1) is 74.5 Å². The molecule has 3 heterocycles. The molecule has 0 saturated carbocycles. The Hall–Kier alpha value is -6.38. The monoisotopic (exact) mass is 850 g/mol. The van der Waals surface area contributed by atoms with E-state index in [1.165, 1.54) is 12.2 Å². The Morgan fingerprint density at radius 1 is 0.516 bits per heavy atom. The second-order valence-corrected chi connectivity index (χ2v) is 14.2. The summed E-state index contributed by atoms with van der Waals surface area (Å²) in [7, 11) is 0. The quantitative estimate of drug-likeness (QED) is 0.0255. The normalized spacial score (nSPS) is 14.5. The number of carbonyl (C=O) groups excluding carboxylic acids is 4. The van der Waals surface area contributed by atoms with Gasteiger partial charge in [-0.25, -0.2) is 19.2 Å². The van der Waals surface area contributed by atoms with Gasteiger partial charge in [0.2, 0.25) is 0 Å². The molecule has 14 nitrogen and oxygen atoms in total. The van der Waals surface area contributed by atoms with Gasteiger partial charge in [-0.2, -0.15) is 0 Å². The zero-order valence-electron chi connectivity index (χ0n) is 34.9. The van der Waals surface area contributed by atoms with Gasteiger partial charge in [0.25, 0.3) is 12.6 Å². The summed E-state index contributed by atoms with van der Waals surface area (Å²) >= 11 is 0. The van der Waals surface area contributed by atoms with Crippen molar-refractivity contribution in [2.45, 2.75) is 76.8 Å². The summed E-state index contributed by atoms with van der Waals surface area (Å²) in [4.78, 5) is 57.4. The molecule has 4 aromatic rings. The Morgan fingerprint density at radius 2 is 0.887 bits per heavy atom. The molecule has 1 saturated heterocycles. The van der Waals surface area contributed by atoms with Crippen molar-refractivity contribution in [3.05, 3.63) is 122 Å². The van der Waals surface area contributed by atoms with Gasteiger partial charge in [-0.3, -0.25) is 9.97 Å². The van der Waals surface area contributed by atoms with Crippen LogP contribution in [0.25, 0.3) is 22.5 Å². The molecular weight excluding hydrogens is 797 g/mol. The molecule has 2 aromatic heterocycles. The van der Waals surface area contributed by atoms with Gasteiger partial charge in [0.15, 0.2) is 0 Å². The fourth-order valence-corrected chi connectivity index (χ4v) is 6.15. The van der Waals surface area contributed by atoms with Crippen LogP contribution in [0.5, 0.6) is 11.5 Å². The molecule has 0 bridgehead atoms. The first-order valence-corrected chi connectivity index (χ1v) is 20.9. The van der Waals surface area contributed by atoms with Gasteiger partial charge in [-0.1, -0.05) is 75.9 Å². The molecule has 1 aliphatic rings. The summed E-state index contributed by atoms with van der Waals surface area (Å²) in [5.41, 5.74) is 3.53. The number of nitrogens with zero attached hydrogens (tertiary/aromatic N) is 2. The lowest BCUT2D eigenvalue weighted by atomic mass is 10.1. The van der Waals surface area contributed by atoms with Crippen LogP contribution in [0.1, 0.15) is 84.9 Å². The second-order valence-electron chi connectivity index (χ2n) is 14.2. The molecular formula is C48H54N2O12. The van der Waals surface area contributed by atoms with Crippen molar-refractivity contribution in [1.29, 1.82) is 0 Å². The number of hydrogen-bond acceptors (Lipinski definition) is 14. The number of pyridine rings is 2. The van der Waals surface area contributed by atoms with E-state index in [1.54, 1.807) is 60.9 Å². The van der Waals surface area contributed by atoms with Crippen LogP contribution < -0.4 is 9.47 Å². The van der Waals surface area contributed by atoms with Crippen LogP contribution in [0.15, 0.2) is 111 Å². The Balaban J connectivity index is 1.00. The predicted octanol–water partition coefficient (Wildman–Crippen LogP) is 8.64. The number of esters is 4. The van der Waals surface area contributed by atoms with E-state index in [9.17, 15) is 19.2 Å². The molecule has 5 rings (SSSR count). The Kier molecular flexibility index (Phi) is 19.6. The van der Waals surface area contributed by atoms with Gasteiger partial charge in [0, 0.05) is 23.3 Å². The van der Waals surface area contributed by atoms with Crippen molar-refractivity contribution >= 4 is 23.9 Å². The van der Waals surface area contributed by atoms with E-state index in [0.29, 0.717) is 49.3 Å². The Bertz CT molecular complexity index is 1870. The van der Waals surface area contributed by atoms with E-state index >= 15 is 0 Å². The topological polar surface area (TPSA) is 168 Å². The summed E-state index contributed by atoms with van der Waals surface area (Å²) in [5, 5.41) is 0. The number of unbranched alkanes of at least 4 members (excludes halogenated alkanes) is 8. The van der Waals surface area contributed by atoms with Crippen molar-refractivity contribution < 1.29 is 57.1 Å². The fraction of sp³-hybridized carbons (Fsp3) is 0.375. The van der Waals surface area contributed by atoms with Crippen molar-refractivity contribution in [2.75, 3.05) is 39.6 Å². The Morgan fingerprint density at radius 3 is 1.24 bits per heavy atom. The van der Waals surface area contributed by atoms with Crippen LogP contribution in [-0.2, 0) is 38.0 Å². The first-order valence-electron chi connectivity index (χ1n) is 20.9. The van der Waals surface area contributed by atoms with Crippen LogP contribution in [0.3, 0.4) is 0 Å². The summed E-state index contributed by atoms with van der Waals surface area (Å²) in [5.74, 6) is -0.804. The van der Waals surface area contributed by atoms with E-state index in [-0.39, 0.29) is 24.3 Å². The van der Waals surface area contributed by atoms with Crippen molar-refractivity contribution in [3.63, 3.8) is 0 Å².